The maximum absolute atomic E-state index is 13.4. The minimum Gasteiger partial charge on any atom is -0.487 e. The van der Waals surface area contributed by atoms with Gasteiger partial charge in [-0.25, -0.2) is 0 Å². The molecule has 2 aliphatic heterocycles. The number of nitrogens with one attached hydrogen (secondary N) is 1. The van der Waals surface area contributed by atoms with Crippen molar-refractivity contribution >= 4 is 5.91 Å². The fourth-order valence-corrected chi connectivity index (χ4v) is 3.73. The first kappa shape index (κ1) is 18.8. The third kappa shape index (κ3) is 3.71. The molecule has 1 fully saturated rings. The summed E-state index contributed by atoms with van der Waals surface area (Å²) >= 11 is 0. The van der Waals surface area contributed by atoms with Crippen LogP contribution in [0, 0.1) is 5.92 Å². The number of amides is 1. The highest BCUT2D eigenvalue weighted by Crippen LogP contribution is 2.43. The van der Waals surface area contributed by atoms with Gasteiger partial charge in [-0.05, 0) is 23.6 Å². The van der Waals surface area contributed by atoms with Crippen molar-refractivity contribution in [1.29, 1.82) is 0 Å². The van der Waals surface area contributed by atoms with Crippen molar-refractivity contribution in [2.75, 3.05) is 19.8 Å². The van der Waals surface area contributed by atoms with E-state index in [0.717, 1.165) is 11.6 Å². The quantitative estimate of drug-likeness (QED) is 0.862. The summed E-state index contributed by atoms with van der Waals surface area (Å²) in [5.41, 5.74) is 0.672. The third-order valence-electron chi connectivity index (χ3n) is 5.16. The molecule has 1 N–H and O–H groups in total. The van der Waals surface area contributed by atoms with Crippen molar-refractivity contribution in [3.8, 4) is 16.9 Å². The van der Waals surface area contributed by atoms with Crippen molar-refractivity contribution in [3.05, 3.63) is 53.6 Å². The first-order chi connectivity index (χ1) is 13.4. The van der Waals surface area contributed by atoms with E-state index in [1.54, 1.807) is 18.2 Å². The van der Waals surface area contributed by atoms with Crippen LogP contribution in [0.4, 0.5) is 13.2 Å². The Kier molecular flexibility index (Phi) is 5.02. The lowest BCUT2D eigenvalue weighted by molar-refractivity contribution is -0.137. The smallest absolute Gasteiger partial charge is 0.417 e. The van der Waals surface area contributed by atoms with Crippen molar-refractivity contribution in [2.24, 2.45) is 5.92 Å². The molecule has 0 radical (unpaired) electrons. The van der Waals surface area contributed by atoms with Gasteiger partial charge in [-0.2, -0.15) is 13.2 Å². The van der Waals surface area contributed by atoms with E-state index in [0.29, 0.717) is 43.9 Å². The van der Waals surface area contributed by atoms with Gasteiger partial charge in [0.1, 0.15) is 11.9 Å². The molecule has 4 rings (SSSR count). The van der Waals surface area contributed by atoms with Gasteiger partial charge in [0.05, 0.1) is 24.6 Å². The van der Waals surface area contributed by atoms with Gasteiger partial charge in [-0.15, -0.1) is 0 Å². The van der Waals surface area contributed by atoms with Gasteiger partial charge in [0.15, 0.2) is 0 Å². The number of carbonyl (C=O) groups is 1. The number of fused-ring (bicyclic) bond motifs is 1. The van der Waals surface area contributed by atoms with E-state index in [1.807, 2.05) is 6.07 Å². The molecule has 0 unspecified atom stereocenters. The zero-order chi connectivity index (χ0) is 19.7. The van der Waals surface area contributed by atoms with Crippen LogP contribution in [0.15, 0.2) is 42.5 Å². The molecular formula is C21H20F3NO3. The Morgan fingerprint density at radius 1 is 1.11 bits per heavy atom. The molecule has 0 spiro atoms. The summed E-state index contributed by atoms with van der Waals surface area (Å²) in [4.78, 5) is 12.1. The molecule has 2 atom stereocenters. The number of benzene rings is 2. The predicted octanol–water partition coefficient (Wildman–Crippen LogP) is 3.83. The molecule has 28 heavy (non-hydrogen) atoms. The molecule has 4 nitrogen and oxygen atoms in total. The van der Waals surface area contributed by atoms with Gasteiger partial charge in [0.25, 0.3) is 0 Å². The summed E-state index contributed by atoms with van der Waals surface area (Å²) < 4.78 is 51.4. The van der Waals surface area contributed by atoms with Crippen molar-refractivity contribution in [1.82, 2.24) is 5.32 Å². The topological polar surface area (TPSA) is 47.6 Å². The second kappa shape index (κ2) is 7.47. The first-order valence-electron chi connectivity index (χ1n) is 9.24. The SMILES string of the molecule is O=C(NC[C@@H]1Cc2cccc(-c3ccccc3C(F)(F)F)c2O1)[C@H]1CCOC1. The Bertz CT molecular complexity index is 875. The highest BCUT2D eigenvalue weighted by Gasteiger charge is 2.35. The van der Waals surface area contributed by atoms with E-state index in [2.05, 4.69) is 5.32 Å². The van der Waals surface area contributed by atoms with E-state index < -0.39 is 11.7 Å². The van der Waals surface area contributed by atoms with Gasteiger partial charge in [-0.3, -0.25) is 4.79 Å². The number of ether oxygens (including phenoxy) is 2. The van der Waals surface area contributed by atoms with Crippen LogP contribution >= 0.6 is 0 Å². The lowest BCUT2D eigenvalue weighted by atomic mass is 9.96. The molecule has 2 aromatic carbocycles. The zero-order valence-electron chi connectivity index (χ0n) is 15.1. The molecule has 2 aromatic rings. The summed E-state index contributed by atoms with van der Waals surface area (Å²) in [5.74, 6) is 0.250. The number of para-hydroxylation sites is 1. The molecule has 0 saturated carbocycles. The molecule has 7 heteroatoms. The lowest BCUT2D eigenvalue weighted by Gasteiger charge is -2.17. The fourth-order valence-electron chi connectivity index (χ4n) is 3.73. The van der Waals surface area contributed by atoms with Crippen LogP contribution in [0.25, 0.3) is 11.1 Å². The van der Waals surface area contributed by atoms with E-state index in [9.17, 15) is 18.0 Å². The molecule has 2 heterocycles. The fraction of sp³-hybridized carbons (Fsp3) is 0.381. The van der Waals surface area contributed by atoms with Crippen LogP contribution in [0.1, 0.15) is 17.5 Å². The monoisotopic (exact) mass is 391 g/mol. The zero-order valence-corrected chi connectivity index (χ0v) is 15.1. The van der Waals surface area contributed by atoms with Gasteiger partial charge in [-0.1, -0.05) is 36.4 Å². The van der Waals surface area contributed by atoms with Gasteiger partial charge in [0, 0.05) is 18.6 Å². The number of hydrogen-bond acceptors (Lipinski definition) is 3. The Balaban J connectivity index is 1.53. The summed E-state index contributed by atoms with van der Waals surface area (Å²) in [7, 11) is 0. The van der Waals surface area contributed by atoms with Crippen molar-refractivity contribution < 1.29 is 27.4 Å². The molecule has 2 aliphatic rings. The molecule has 0 aromatic heterocycles. The minimum atomic E-state index is -4.45. The van der Waals surface area contributed by atoms with Crippen LogP contribution in [0.2, 0.25) is 0 Å². The van der Waals surface area contributed by atoms with Crippen LogP contribution in [-0.2, 0) is 22.1 Å². The summed E-state index contributed by atoms with van der Waals surface area (Å²) in [6, 6.07) is 10.7. The summed E-state index contributed by atoms with van der Waals surface area (Å²) in [5, 5.41) is 2.87. The Morgan fingerprint density at radius 2 is 1.89 bits per heavy atom. The van der Waals surface area contributed by atoms with Crippen LogP contribution in [0.3, 0.4) is 0 Å². The van der Waals surface area contributed by atoms with E-state index in [-0.39, 0.29) is 23.5 Å². The molecular weight excluding hydrogens is 371 g/mol. The molecule has 148 valence electrons. The van der Waals surface area contributed by atoms with Gasteiger partial charge < -0.3 is 14.8 Å². The van der Waals surface area contributed by atoms with Crippen LogP contribution in [-0.4, -0.2) is 31.8 Å². The minimum absolute atomic E-state index is 0.0697. The van der Waals surface area contributed by atoms with E-state index >= 15 is 0 Å². The average Bonchev–Trinajstić information content (AvgIpc) is 3.34. The number of hydrogen-bond donors (Lipinski definition) is 1. The van der Waals surface area contributed by atoms with Crippen LogP contribution in [0.5, 0.6) is 5.75 Å². The summed E-state index contributed by atoms with van der Waals surface area (Å²) in [6.07, 6.45) is -3.51. The Hall–Kier alpha value is -2.54. The highest BCUT2D eigenvalue weighted by molar-refractivity contribution is 5.79. The molecule has 0 aliphatic carbocycles. The second-order valence-corrected chi connectivity index (χ2v) is 7.09. The maximum Gasteiger partial charge on any atom is 0.417 e. The largest absolute Gasteiger partial charge is 0.487 e. The first-order valence-corrected chi connectivity index (χ1v) is 9.24. The Labute approximate surface area is 160 Å². The standard InChI is InChI=1S/C21H20F3NO3/c22-21(23,24)18-7-2-1-5-16(18)17-6-3-4-13-10-15(28-19(13)17)11-25-20(26)14-8-9-27-12-14/h1-7,14-15H,8-12H2,(H,25,26)/t14-,15-/m0/s1. The predicted molar refractivity (Wildman–Crippen MR) is 96.9 cm³/mol. The van der Waals surface area contributed by atoms with Gasteiger partial charge >= 0.3 is 6.18 Å². The Morgan fingerprint density at radius 3 is 2.64 bits per heavy atom. The van der Waals surface area contributed by atoms with Crippen molar-refractivity contribution in [3.63, 3.8) is 0 Å². The normalized spacial score (nSPS) is 21.2. The highest BCUT2D eigenvalue weighted by atomic mass is 19.4. The molecule has 0 bridgehead atoms. The van der Waals surface area contributed by atoms with E-state index in [1.165, 1.54) is 12.1 Å². The van der Waals surface area contributed by atoms with Crippen molar-refractivity contribution in [2.45, 2.75) is 25.1 Å². The van der Waals surface area contributed by atoms with Gasteiger partial charge in [0.2, 0.25) is 5.91 Å². The van der Waals surface area contributed by atoms with E-state index in [4.69, 9.17) is 9.47 Å². The summed E-state index contributed by atoms with van der Waals surface area (Å²) in [6.45, 7) is 1.33. The number of rotatable bonds is 4. The average molecular weight is 391 g/mol. The second-order valence-electron chi connectivity index (χ2n) is 7.09. The maximum atomic E-state index is 13.4. The number of alkyl halides is 3. The molecule has 1 amide bonds. The third-order valence-corrected chi connectivity index (χ3v) is 5.16. The number of carbonyl (C=O) groups excluding carboxylic acids is 1. The molecule has 1 saturated heterocycles. The lowest BCUT2D eigenvalue weighted by Crippen LogP contribution is -2.38. The number of halogens is 3. The van der Waals surface area contributed by atoms with Crippen LogP contribution < -0.4 is 10.1 Å².